The van der Waals surface area contributed by atoms with Gasteiger partial charge in [-0.05, 0) is 42.2 Å². The van der Waals surface area contributed by atoms with Crippen LogP contribution >= 0.6 is 0 Å². The number of aromatic amines is 1. The summed E-state index contributed by atoms with van der Waals surface area (Å²) in [6.07, 6.45) is 3.00. The fourth-order valence-electron chi connectivity index (χ4n) is 3.04. The lowest BCUT2D eigenvalue weighted by atomic mass is 10.1. The fourth-order valence-corrected chi connectivity index (χ4v) is 3.04. The van der Waals surface area contributed by atoms with Crippen LogP contribution in [0.25, 0.3) is 10.9 Å². The van der Waals surface area contributed by atoms with Crippen LogP contribution in [0.15, 0.2) is 53.7 Å². The molecule has 0 unspecified atom stereocenters. The highest BCUT2D eigenvalue weighted by molar-refractivity contribution is 5.86. The molecule has 5 heteroatoms. The molecule has 0 spiro atoms. The van der Waals surface area contributed by atoms with Crippen LogP contribution in [0.5, 0.6) is 0 Å². The molecule has 3 aromatic rings. The van der Waals surface area contributed by atoms with Gasteiger partial charge in [-0.3, -0.25) is 4.99 Å². The molecule has 0 aliphatic carbocycles. The highest BCUT2D eigenvalue weighted by Gasteiger charge is 2.05. The number of hydrogen-bond donors (Lipinski definition) is 3. The van der Waals surface area contributed by atoms with E-state index in [0.29, 0.717) is 12.1 Å². The van der Waals surface area contributed by atoms with Gasteiger partial charge in [-0.2, -0.15) is 5.26 Å². The van der Waals surface area contributed by atoms with Crippen molar-refractivity contribution in [2.45, 2.75) is 19.9 Å². The van der Waals surface area contributed by atoms with Crippen LogP contribution in [0.3, 0.4) is 0 Å². The van der Waals surface area contributed by atoms with Gasteiger partial charge in [-0.25, -0.2) is 0 Å². The van der Waals surface area contributed by atoms with Crippen molar-refractivity contribution < 1.29 is 0 Å². The molecule has 3 rings (SSSR count). The van der Waals surface area contributed by atoms with Crippen LogP contribution in [0.2, 0.25) is 0 Å². The molecule has 0 radical (unpaired) electrons. The third-order valence-electron chi connectivity index (χ3n) is 4.44. The topological polar surface area (TPSA) is 76.0 Å². The van der Waals surface area contributed by atoms with Gasteiger partial charge in [0.1, 0.15) is 0 Å². The average Bonchev–Trinajstić information content (AvgIpc) is 3.09. The maximum Gasteiger partial charge on any atom is 0.191 e. The first kappa shape index (κ1) is 17.6. The van der Waals surface area contributed by atoms with Gasteiger partial charge in [0.2, 0.25) is 0 Å². The van der Waals surface area contributed by atoms with Gasteiger partial charge in [0, 0.05) is 37.2 Å². The minimum Gasteiger partial charge on any atom is -0.361 e. The zero-order valence-electron chi connectivity index (χ0n) is 15.1. The molecule has 0 aliphatic rings. The number of nitrogens with zero attached hydrogens (tertiary/aromatic N) is 2. The number of para-hydroxylation sites is 1. The van der Waals surface area contributed by atoms with E-state index in [-0.39, 0.29) is 0 Å². The smallest absolute Gasteiger partial charge is 0.191 e. The van der Waals surface area contributed by atoms with Gasteiger partial charge in [0.05, 0.1) is 11.6 Å². The second-order valence-electron chi connectivity index (χ2n) is 6.23. The fraction of sp³-hybridized carbons (Fsp3) is 0.238. The monoisotopic (exact) mass is 345 g/mol. The second kappa shape index (κ2) is 8.21. The summed E-state index contributed by atoms with van der Waals surface area (Å²) in [7, 11) is 1.76. The minimum absolute atomic E-state index is 0.626. The van der Waals surface area contributed by atoms with Crippen LogP contribution in [0.1, 0.15) is 22.3 Å². The molecular formula is C21H23N5. The average molecular weight is 345 g/mol. The normalized spacial score (nSPS) is 11.3. The summed E-state index contributed by atoms with van der Waals surface area (Å²) in [6, 6.07) is 16.1. The zero-order chi connectivity index (χ0) is 18.4. The first-order valence-corrected chi connectivity index (χ1v) is 8.70. The first-order chi connectivity index (χ1) is 12.7. The summed E-state index contributed by atoms with van der Waals surface area (Å²) in [5, 5.41) is 16.9. The Bertz CT molecular complexity index is 962. The van der Waals surface area contributed by atoms with Crippen molar-refractivity contribution in [1.82, 2.24) is 15.6 Å². The molecule has 5 nitrogen and oxygen atoms in total. The standard InChI is InChI=1S/C21H23N5/c1-15-5-3-8-19-18(14-25-20(15)19)9-10-24-21(23-2)26-13-17-7-4-6-16(11-17)12-22/h3-8,11,14,25H,9-10,13H2,1-2H3,(H2,23,24,26). The van der Waals surface area contributed by atoms with E-state index in [1.165, 1.54) is 22.0 Å². The van der Waals surface area contributed by atoms with E-state index in [9.17, 15) is 0 Å². The van der Waals surface area contributed by atoms with E-state index in [2.05, 4.69) is 58.0 Å². The van der Waals surface area contributed by atoms with E-state index >= 15 is 0 Å². The van der Waals surface area contributed by atoms with Crippen molar-refractivity contribution in [1.29, 1.82) is 5.26 Å². The zero-order valence-corrected chi connectivity index (χ0v) is 15.1. The number of aryl methyl sites for hydroxylation is 1. The summed E-state index contributed by atoms with van der Waals surface area (Å²) in [6.45, 7) is 3.54. The number of benzene rings is 2. The van der Waals surface area contributed by atoms with Gasteiger partial charge < -0.3 is 15.6 Å². The molecule has 0 fully saturated rings. The number of aromatic nitrogens is 1. The van der Waals surface area contributed by atoms with Crippen molar-refractivity contribution in [2.75, 3.05) is 13.6 Å². The first-order valence-electron chi connectivity index (χ1n) is 8.70. The number of H-pyrrole nitrogens is 1. The van der Waals surface area contributed by atoms with Crippen LogP contribution in [0, 0.1) is 18.3 Å². The molecule has 132 valence electrons. The second-order valence-corrected chi connectivity index (χ2v) is 6.23. The third-order valence-corrected chi connectivity index (χ3v) is 4.44. The molecule has 1 aromatic heterocycles. The Balaban J connectivity index is 1.54. The number of nitriles is 1. The van der Waals surface area contributed by atoms with Gasteiger partial charge in [0.25, 0.3) is 0 Å². The van der Waals surface area contributed by atoms with Crippen molar-refractivity contribution in [2.24, 2.45) is 4.99 Å². The predicted octanol–water partition coefficient (Wildman–Crippen LogP) is 3.26. The van der Waals surface area contributed by atoms with E-state index in [1.54, 1.807) is 13.1 Å². The van der Waals surface area contributed by atoms with Gasteiger partial charge in [-0.15, -0.1) is 0 Å². The number of hydrogen-bond acceptors (Lipinski definition) is 2. The summed E-state index contributed by atoms with van der Waals surface area (Å²) >= 11 is 0. The number of fused-ring (bicyclic) bond motifs is 1. The molecule has 1 heterocycles. The van der Waals surface area contributed by atoms with Crippen LogP contribution in [-0.4, -0.2) is 24.5 Å². The lowest BCUT2D eigenvalue weighted by Crippen LogP contribution is -2.37. The highest BCUT2D eigenvalue weighted by Crippen LogP contribution is 2.21. The van der Waals surface area contributed by atoms with Gasteiger partial charge >= 0.3 is 0 Å². The van der Waals surface area contributed by atoms with Crippen molar-refractivity contribution in [3.63, 3.8) is 0 Å². The summed E-state index contributed by atoms with van der Waals surface area (Å²) in [5.74, 6) is 0.753. The Labute approximate surface area is 153 Å². The van der Waals surface area contributed by atoms with E-state index in [1.807, 2.05) is 18.2 Å². The Morgan fingerprint density at radius 1 is 1.19 bits per heavy atom. The summed E-state index contributed by atoms with van der Waals surface area (Å²) in [4.78, 5) is 7.63. The third kappa shape index (κ3) is 4.04. The molecular weight excluding hydrogens is 322 g/mol. The molecule has 0 bridgehead atoms. The van der Waals surface area contributed by atoms with Gasteiger partial charge in [0.15, 0.2) is 5.96 Å². The Hall–Kier alpha value is -3.26. The van der Waals surface area contributed by atoms with E-state index < -0.39 is 0 Å². The number of guanidine groups is 1. The van der Waals surface area contributed by atoms with Crippen molar-refractivity contribution in [3.05, 3.63) is 70.9 Å². The van der Waals surface area contributed by atoms with E-state index in [0.717, 1.165) is 24.5 Å². The molecule has 26 heavy (non-hydrogen) atoms. The molecule has 0 amide bonds. The molecule has 3 N–H and O–H groups in total. The number of nitrogens with one attached hydrogen (secondary N) is 3. The molecule has 0 aliphatic heterocycles. The van der Waals surface area contributed by atoms with Crippen LogP contribution in [0.4, 0.5) is 0 Å². The van der Waals surface area contributed by atoms with Gasteiger partial charge in [-0.1, -0.05) is 30.3 Å². The molecule has 2 aromatic carbocycles. The van der Waals surface area contributed by atoms with Crippen molar-refractivity contribution >= 4 is 16.9 Å². The lowest BCUT2D eigenvalue weighted by Gasteiger charge is -2.12. The number of aliphatic imine (C=N–C) groups is 1. The largest absolute Gasteiger partial charge is 0.361 e. The maximum absolute atomic E-state index is 8.98. The highest BCUT2D eigenvalue weighted by atomic mass is 15.2. The van der Waals surface area contributed by atoms with Crippen molar-refractivity contribution in [3.8, 4) is 6.07 Å². The van der Waals surface area contributed by atoms with Crippen LogP contribution in [-0.2, 0) is 13.0 Å². The summed E-state index contributed by atoms with van der Waals surface area (Å²) in [5.41, 5.74) is 5.50. The molecule has 0 saturated carbocycles. The Morgan fingerprint density at radius 2 is 2.04 bits per heavy atom. The summed E-state index contributed by atoms with van der Waals surface area (Å²) < 4.78 is 0. The molecule has 0 atom stereocenters. The SMILES string of the molecule is CN=C(NCCc1c[nH]c2c(C)cccc12)NCc1cccc(C#N)c1. The van der Waals surface area contributed by atoms with E-state index in [4.69, 9.17) is 5.26 Å². The molecule has 0 saturated heterocycles. The van der Waals surface area contributed by atoms with Crippen LogP contribution < -0.4 is 10.6 Å². The Kier molecular flexibility index (Phi) is 5.55. The quantitative estimate of drug-likeness (QED) is 0.491. The lowest BCUT2D eigenvalue weighted by molar-refractivity contribution is 0.796. The maximum atomic E-state index is 8.98. The minimum atomic E-state index is 0.626. The number of rotatable bonds is 5. The predicted molar refractivity (Wildman–Crippen MR) is 106 cm³/mol. The Morgan fingerprint density at radius 3 is 2.85 bits per heavy atom.